The van der Waals surface area contributed by atoms with Gasteiger partial charge in [-0.1, -0.05) is 48.0 Å². The van der Waals surface area contributed by atoms with Gasteiger partial charge in [-0.3, -0.25) is 0 Å². The molecular weight excluding hydrogens is 362 g/mol. The van der Waals surface area contributed by atoms with Crippen molar-refractivity contribution in [2.24, 2.45) is 0 Å². The molecule has 140 valence electrons. The second-order valence-electron chi connectivity index (χ2n) is 6.66. The molecule has 0 fully saturated rings. The molecule has 1 aliphatic rings. The Balaban J connectivity index is 1.44. The fourth-order valence-corrected chi connectivity index (χ4v) is 4.15. The maximum atomic E-state index is 12.4. The van der Waals surface area contributed by atoms with E-state index in [2.05, 4.69) is 40.9 Å². The molecule has 1 aromatic heterocycles. The van der Waals surface area contributed by atoms with Gasteiger partial charge in [0, 0.05) is 18.3 Å². The van der Waals surface area contributed by atoms with E-state index in [1.165, 1.54) is 5.56 Å². The Morgan fingerprint density at radius 1 is 1.15 bits per heavy atom. The van der Waals surface area contributed by atoms with Crippen LogP contribution in [0, 0.1) is 6.92 Å². The zero-order valence-electron chi connectivity index (χ0n) is 15.0. The molecule has 2 heterocycles. The molecule has 0 radical (unpaired) electrons. The highest BCUT2D eigenvalue weighted by Gasteiger charge is 2.23. The Bertz CT molecular complexity index is 1030. The summed E-state index contributed by atoms with van der Waals surface area (Å²) in [6.07, 6.45) is 1.76. The van der Waals surface area contributed by atoms with E-state index in [0.29, 0.717) is 13.2 Å². The molecule has 1 atom stereocenters. The average molecular weight is 383 g/mol. The summed E-state index contributed by atoms with van der Waals surface area (Å²) in [6.45, 7) is 3.20. The molecule has 2 aromatic carbocycles. The first-order chi connectivity index (χ1) is 13.0. The van der Waals surface area contributed by atoms with Crippen LogP contribution in [0.4, 0.5) is 0 Å². The second-order valence-corrected chi connectivity index (χ2v) is 8.43. The van der Waals surface area contributed by atoms with Crippen LogP contribution in [-0.4, -0.2) is 30.6 Å². The summed E-state index contributed by atoms with van der Waals surface area (Å²) in [7, 11) is -3.53. The Hall–Kier alpha value is -2.48. The maximum absolute atomic E-state index is 12.4. The Kier molecular flexibility index (Phi) is 4.82. The topological polar surface area (TPSA) is 73.2 Å². The molecule has 6 nitrogen and oxygen atoms in total. The number of ether oxygens (including phenoxy) is 1. The van der Waals surface area contributed by atoms with Gasteiger partial charge in [0.15, 0.2) is 0 Å². The van der Waals surface area contributed by atoms with E-state index in [-0.39, 0.29) is 17.5 Å². The lowest BCUT2D eigenvalue weighted by molar-refractivity contribution is 0.00586. The van der Waals surface area contributed by atoms with E-state index in [1.807, 2.05) is 10.8 Å². The standard InChI is InChI=1S/C20H21N3O3S/c1-15-7-9-16(10-8-15)19-13-23-12-17(26-14-20(23)22-19)11-21-27(24,25)18-5-3-2-4-6-18/h2-10,13,17,21H,11-12,14H2,1H3/t17-/m0/s1. The van der Waals surface area contributed by atoms with Crippen LogP contribution in [0.5, 0.6) is 0 Å². The smallest absolute Gasteiger partial charge is 0.240 e. The van der Waals surface area contributed by atoms with Gasteiger partial charge in [-0.25, -0.2) is 18.1 Å². The van der Waals surface area contributed by atoms with Crippen LogP contribution in [0.1, 0.15) is 11.4 Å². The number of hydrogen-bond donors (Lipinski definition) is 1. The van der Waals surface area contributed by atoms with Gasteiger partial charge in [-0.05, 0) is 19.1 Å². The number of hydrogen-bond acceptors (Lipinski definition) is 4. The van der Waals surface area contributed by atoms with Gasteiger partial charge >= 0.3 is 0 Å². The maximum Gasteiger partial charge on any atom is 0.240 e. The van der Waals surface area contributed by atoms with Gasteiger partial charge in [0.1, 0.15) is 12.4 Å². The molecule has 0 spiro atoms. The Labute approximate surface area is 158 Å². The summed E-state index contributed by atoms with van der Waals surface area (Å²) in [4.78, 5) is 4.90. The minimum atomic E-state index is -3.53. The van der Waals surface area contributed by atoms with Crippen molar-refractivity contribution in [1.29, 1.82) is 0 Å². The van der Waals surface area contributed by atoms with Crippen molar-refractivity contribution < 1.29 is 13.2 Å². The van der Waals surface area contributed by atoms with Crippen LogP contribution < -0.4 is 4.72 Å². The number of imidazole rings is 1. The van der Waals surface area contributed by atoms with Crippen molar-refractivity contribution in [3.05, 3.63) is 72.2 Å². The number of rotatable bonds is 5. The van der Waals surface area contributed by atoms with Crippen molar-refractivity contribution in [1.82, 2.24) is 14.3 Å². The highest BCUT2D eigenvalue weighted by molar-refractivity contribution is 7.89. The number of nitrogens with one attached hydrogen (secondary N) is 1. The number of aromatic nitrogens is 2. The van der Waals surface area contributed by atoms with Crippen LogP contribution in [0.2, 0.25) is 0 Å². The van der Waals surface area contributed by atoms with Gasteiger partial charge in [0.05, 0.1) is 23.2 Å². The lowest BCUT2D eigenvalue weighted by Crippen LogP contribution is -2.38. The minimum absolute atomic E-state index is 0.217. The molecule has 1 N–H and O–H groups in total. The zero-order chi connectivity index (χ0) is 18.9. The predicted octanol–water partition coefficient (Wildman–Crippen LogP) is 2.74. The predicted molar refractivity (Wildman–Crippen MR) is 103 cm³/mol. The van der Waals surface area contributed by atoms with Crippen molar-refractivity contribution in [2.45, 2.75) is 31.1 Å². The molecule has 4 rings (SSSR count). The normalized spacial score (nSPS) is 16.9. The number of aryl methyl sites for hydroxylation is 1. The van der Waals surface area contributed by atoms with E-state index < -0.39 is 10.0 Å². The quantitative estimate of drug-likeness (QED) is 0.735. The molecule has 0 unspecified atom stereocenters. The molecule has 0 amide bonds. The molecular formula is C20H21N3O3S. The van der Waals surface area contributed by atoms with E-state index in [4.69, 9.17) is 4.74 Å². The van der Waals surface area contributed by atoms with Crippen LogP contribution in [0.15, 0.2) is 65.7 Å². The van der Waals surface area contributed by atoms with Crippen LogP contribution in [-0.2, 0) is 27.9 Å². The fraction of sp³-hybridized carbons (Fsp3) is 0.250. The second kappa shape index (κ2) is 7.26. The molecule has 0 saturated carbocycles. The fourth-order valence-electron chi connectivity index (χ4n) is 3.06. The molecule has 0 bridgehead atoms. The van der Waals surface area contributed by atoms with E-state index in [1.54, 1.807) is 30.3 Å². The van der Waals surface area contributed by atoms with Crippen molar-refractivity contribution >= 4 is 10.0 Å². The summed E-state index contributed by atoms with van der Waals surface area (Å²) in [6, 6.07) is 16.6. The van der Waals surface area contributed by atoms with Gasteiger partial charge in [0.2, 0.25) is 10.0 Å². The lowest BCUT2D eigenvalue weighted by Gasteiger charge is -2.24. The Morgan fingerprint density at radius 3 is 2.63 bits per heavy atom. The number of sulfonamides is 1. The molecule has 27 heavy (non-hydrogen) atoms. The van der Waals surface area contributed by atoms with Crippen LogP contribution in [0.25, 0.3) is 11.3 Å². The van der Waals surface area contributed by atoms with Gasteiger partial charge in [0.25, 0.3) is 0 Å². The molecule has 3 aromatic rings. The monoisotopic (exact) mass is 383 g/mol. The number of benzene rings is 2. The molecule has 0 aliphatic carbocycles. The molecule has 1 aliphatic heterocycles. The van der Waals surface area contributed by atoms with Gasteiger partial charge in [-0.2, -0.15) is 0 Å². The third-order valence-corrected chi connectivity index (χ3v) is 6.05. The van der Waals surface area contributed by atoms with E-state index >= 15 is 0 Å². The third kappa shape index (κ3) is 3.95. The molecule has 7 heteroatoms. The Morgan fingerprint density at radius 2 is 1.89 bits per heavy atom. The summed E-state index contributed by atoms with van der Waals surface area (Å²) in [5.41, 5.74) is 3.17. The largest absolute Gasteiger partial charge is 0.367 e. The third-order valence-electron chi connectivity index (χ3n) is 4.61. The summed E-state index contributed by atoms with van der Waals surface area (Å²) < 4.78 is 35.2. The highest BCUT2D eigenvalue weighted by atomic mass is 32.2. The number of fused-ring (bicyclic) bond motifs is 1. The van der Waals surface area contributed by atoms with Crippen molar-refractivity contribution in [3.8, 4) is 11.3 Å². The first-order valence-corrected chi connectivity index (χ1v) is 10.3. The average Bonchev–Trinajstić information content (AvgIpc) is 3.11. The van der Waals surface area contributed by atoms with Gasteiger partial charge < -0.3 is 9.30 Å². The minimum Gasteiger partial charge on any atom is -0.367 e. The summed E-state index contributed by atoms with van der Waals surface area (Å²) in [5, 5.41) is 0. The molecule has 0 saturated heterocycles. The van der Waals surface area contributed by atoms with E-state index in [9.17, 15) is 8.42 Å². The lowest BCUT2D eigenvalue weighted by atomic mass is 10.1. The van der Waals surface area contributed by atoms with Crippen molar-refractivity contribution in [2.75, 3.05) is 6.54 Å². The summed E-state index contributed by atoms with van der Waals surface area (Å²) in [5.74, 6) is 0.854. The first kappa shape index (κ1) is 17.9. The SMILES string of the molecule is Cc1ccc(-c2cn3c(n2)CO[C@@H](CNS(=O)(=O)c2ccccc2)C3)cc1. The van der Waals surface area contributed by atoms with Crippen LogP contribution in [0.3, 0.4) is 0 Å². The number of nitrogens with zero attached hydrogens (tertiary/aromatic N) is 2. The van der Waals surface area contributed by atoms with E-state index in [0.717, 1.165) is 17.1 Å². The van der Waals surface area contributed by atoms with Crippen molar-refractivity contribution in [3.63, 3.8) is 0 Å². The summed E-state index contributed by atoms with van der Waals surface area (Å²) >= 11 is 0. The van der Waals surface area contributed by atoms with Crippen LogP contribution >= 0.6 is 0 Å². The highest BCUT2D eigenvalue weighted by Crippen LogP contribution is 2.22. The van der Waals surface area contributed by atoms with Gasteiger partial charge in [-0.15, -0.1) is 0 Å². The first-order valence-electron chi connectivity index (χ1n) is 8.81. The zero-order valence-corrected chi connectivity index (χ0v) is 15.8.